The maximum absolute atomic E-state index is 11.2. The van der Waals surface area contributed by atoms with E-state index in [4.69, 9.17) is 10.00 Å². The van der Waals surface area contributed by atoms with Crippen molar-refractivity contribution in [2.75, 3.05) is 4.90 Å². The van der Waals surface area contributed by atoms with Crippen molar-refractivity contribution < 1.29 is 19.4 Å². The predicted octanol–water partition coefficient (Wildman–Crippen LogP) is 11.0. The summed E-state index contributed by atoms with van der Waals surface area (Å²) in [6, 6.07) is 38.7. The van der Waals surface area contributed by atoms with Gasteiger partial charge in [-0.3, -0.25) is 4.79 Å². The van der Waals surface area contributed by atoms with Crippen LogP contribution in [-0.4, -0.2) is 17.5 Å². The van der Waals surface area contributed by atoms with E-state index in [2.05, 4.69) is 97.6 Å². The SMILES string of the molecule is Cc1ccc(N(c2ccc(-c3ccc(/C=C(\C#N)OC=O)s3)cc2)c2ccc(-c3ccc(-c4ccc(/C=C(\C#N)C(=O)O)s4)s3)cc2)c(C)c1. The van der Waals surface area contributed by atoms with Crippen molar-refractivity contribution in [2.45, 2.75) is 13.8 Å². The fourth-order valence-corrected chi connectivity index (χ4v) is 8.36. The third-order valence-corrected chi connectivity index (χ3v) is 11.2. The highest BCUT2D eigenvalue weighted by atomic mass is 32.1. The Bertz CT molecular complexity index is 2350. The predicted molar refractivity (Wildman–Crippen MR) is 203 cm³/mol. The molecule has 0 amide bonds. The highest BCUT2D eigenvalue weighted by Crippen LogP contribution is 2.41. The van der Waals surface area contributed by atoms with E-state index in [0.717, 1.165) is 58.1 Å². The molecule has 244 valence electrons. The standard InChI is InChI=1S/C40H27N3O4S3/c1-25-3-14-35(26(2)19-25)43(30-8-4-27(5-9-30)36-15-12-34(48-36)21-32(23-42)47-24-44)31-10-6-28(7-11-31)37-17-18-39(50-37)38-16-13-33(49-38)20-29(22-41)40(45)46/h3-21,24H,1-2H3,(H,45,46)/b29-20+,32-21+. The van der Waals surface area contributed by atoms with Gasteiger partial charge in [-0.25, -0.2) is 4.79 Å². The lowest BCUT2D eigenvalue weighted by Gasteiger charge is -2.27. The van der Waals surface area contributed by atoms with Gasteiger partial charge >= 0.3 is 5.97 Å². The number of aliphatic carboxylic acids is 1. The van der Waals surface area contributed by atoms with Crippen LogP contribution in [-0.2, 0) is 14.3 Å². The van der Waals surface area contributed by atoms with E-state index in [0.29, 0.717) is 4.88 Å². The number of aryl methyl sites for hydroxylation is 2. The first-order valence-electron chi connectivity index (χ1n) is 15.2. The third-order valence-electron chi connectivity index (χ3n) is 7.71. The molecule has 0 spiro atoms. The van der Waals surface area contributed by atoms with Crippen LogP contribution in [0.5, 0.6) is 0 Å². The summed E-state index contributed by atoms with van der Waals surface area (Å²) in [6.45, 7) is 4.45. The summed E-state index contributed by atoms with van der Waals surface area (Å²) in [6.07, 6.45) is 2.95. The van der Waals surface area contributed by atoms with Crippen molar-refractivity contribution in [1.82, 2.24) is 0 Å². The molecule has 0 bridgehead atoms. The van der Waals surface area contributed by atoms with E-state index in [-0.39, 0.29) is 17.8 Å². The molecule has 0 unspecified atom stereocenters. The van der Waals surface area contributed by atoms with Gasteiger partial charge < -0.3 is 14.7 Å². The van der Waals surface area contributed by atoms with Gasteiger partial charge in [-0.1, -0.05) is 42.0 Å². The van der Waals surface area contributed by atoms with Crippen molar-refractivity contribution in [3.63, 3.8) is 0 Å². The molecule has 0 aliphatic rings. The fourth-order valence-electron chi connectivity index (χ4n) is 5.36. The molecule has 0 saturated heterocycles. The zero-order valence-corrected chi connectivity index (χ0v) is 29.2. The molecule has 6 rings (SSSR count). The molecular weight excluding hydrogens is 683 g/mol. The first kappa shape index (κ1) is 33.8. The number of allylic oxidation sites excluding steroid dienone is 1. The highest BCUT2D eigenvalue weighted by molar-refractivity contribution is 7.24. The summed E-state index contributed by atoms with van der Waals surface area (Å²) in [5.74, 6) is -1.29. The van der Waals surface area contributed by atoms with Crippen LogP contribution in [0.25, 0.3) is 42.8 Å². The topological polar surface area (TPSA) is 114 Å². The maximum atomic E-state index is 11.2. The van der Waals surface area contributed by atoms with E-state index in [9.17, 15) is 20.0 Å². The van der Waals surface area contributed by atoms with E-state index >= 15 is 0 Å². The smallest absolute Gasteiger partial charge is 0.346 e. The minimum Gasteiger partial charge on any atom is -0.477 e. The Morgan fingerprint density at radius 3 is 1.82 bits per heavy atom. The summed E-state index contributed by atoms with van der Waals surface area (Å²) in [4.78, 5) is 29.9. The zero-order valence-electron chi connectivity index (χ0n) is 26.8. The minimum absolute atomic E-state index is 0.0574. The lowest BCUT2D eigenvalue weighted by Crippen LogP contribution is -2.11. The Morgan fingerprint density at radius 2 is 1.24 bits per heavy atom. The number of ether oxygens (including phenoxy) is 1. The molecule has 6 aromatic rings. The molecule has 50 heavy (non-hydrogen) atoms. The Labute approximate surface area is 301 Å². The molecule has 0 fully saturated rings. The van der Waals surface area contributed by atoms with Crippen LogP contribution in [0.3, 0.4) is 0 Å². The number of carbonyl (C=O) groups is 2. The number of carboxylic acid groups (broad SMARTS) is 1. The molecule has 0 aliphatic heterocycles. The maximum Gasteiger partial charge on any atom is 0.346 e. The lowest BCUT2D eigenvalue weighted by atomic mass is 10.1. The van der Waals surface area contributed by atoms with Crippen LogP contribution in [0, 0.1) is 36.5 Å². The average molecular weight is 710 g/mol. The normalized spacial score (nSPS) is 11.4. The number of hydrogen-bond acceptors (Lipinski definition) is 9. The van der Waals surface area contributed by atoms with Crippen molar-refractivity contribution in [3.8, 4) is 42.8 Å². The van der Waals surface area contributed by atoms with Crippen LogP contribution < -0.4 is 4.90 Å². The van der Waals surface area contributed by atoms with E-state index in [1.54, 1.807) is 23.5 Å². The van der Waals surface area contributed by atoms with Crippen LogP contribution in [0.2, 0.25) is 0 Å². The van der Waals surface area contributed by atoms with Gasteiger partial charge in [0, 0.05) is 52.4 Å². The van der Waals surface area contributed by atoms with Gasteiger partial charge in [0.15, 0.2) is 0 Å². The second-order valence-electron chi connectivity index (χ2n) is 11.1. The first-order valence-corrected chi connectivity index (χ1v) is 17.7. The van der Waals surface area contributed by atoms with Crippen molar-refractivity contribution in [1.29, 1.82) is 10.5 Å². The first-order chi connectivity index (χ1) is 24.3. The molecule has 3 aromatic carbocycles. The molecule has 0 radical (unpaired) electrons. The molecule has 7 nitrogen and oxygen atoms in total. The molecule has 10 heteroatoms. The minimum atomic E-state index is -1.24. The number of anilines is 3. The molecule has 3 heterocycles. The lowest BCUT2D eigenvalue weighted by molar-refractivity contribution is -0.132. The number of rotatable bonds is 11. The second-order valence-corrected chi connectivity index (χ2v) is 14.4. The van der Waals surface area contributed by atoms with E-state index in [1.165, 1.54) is 34.3 Å². The third kappa shape index (κ3) is 7.49. The number of carboxylic acids is 1. The monoisotopic (exact) mass is 709 g/mol. The summed E-state index contributed by atoms with van der Waals surface area (Å²) in [7, 11) is 0. The van der Waals surface area contributed by atoms with Gasteiger partial charge in [-0.15, -0.1) is 34.0 Å². The van der Waals surface area contributed by atoms with Gasteiger partial charge in [0.1, 0.15) is 17.7 Å². The fraction of sp³-hybridized carbons (Fsp3) is 0.0500. The molecular formula is C40H27N3O4S3. The number of thiophene rings is 3. The number of nitrogens with zero attached hydrogens (tertiary/aromatic N) is 3. The zero-order chi connectivity index (χ0) is 35.2. The van der Waals surface area contributed by atoms with Crippen molar-refractivity contribution in [2.24, 2.45) is 0 Å². The van der Waals surface area contributed by atoms with Crippen LogP contribution in [0.1, 0.15) is 20.9 Å². The number of benzene rings is 3. The molecule has 3 aromatic heterocycles. The number of hydrogen-bond donors (Lipinski definition) is 1. The summed E-state index contributed by atoms with van der Waals surface area (Å²) in [5, 5.41) is 27.5. The molecule has 0 atom stereocenters. The Balaban J connectivity index is 1.28. The Hall–Kier alpha value is -6.04. The van der Waals surface area contributed by atoms with Crippen LogP contribution >= 0.6 is 34.0 Å². The van der Waals surface area contributed by atoms with Gasteiger partial charge in [0.25, 0.3) is 6.47 Å². The van der Waals surface area contributed by atoms with Crippen LogP contribution in [0.15, 0.2) is 114 Å². The Kier molecular flexibility index (Phi) is 10.2. The summed E-state index contributed by atoms with van der Waals surface area (Å²) in [5.41, 5.74) is 7.23. The highest BCUT2D eigenvalue weighted by Gasteiger charge is 2.17. The van der Waals surface area contributed by atoms with Gasteiger partial charge in [-0.05, 0) is 103 Å². The van der Waals surface area contributed by atoms with Crippen molar-refractivity contribution >= 4 is 75.7 Å². The largest absolute Gasteiger partial charge is 0.477 e. The average Bonchev–Trinajstić information content (AvgIpc) is 3.90. The van der Waals surface area contributed by atoms with Crippen LogP contribution in [0.4, 0.5) is 17.1 Å². The summed E-state index contributed by atoms with van der Waals surface area (Å²) < 4.78 is 4.72. The van der Waals surface area contributed by atoms with Crippen molar-refractivity contribution in [3.05, 3.63) is 135 Å². The van der Waals surface area contributed by atoms with E-state index in [1.807, 2.05) is 30.3 Å². The quantitative estimate of drug-likeness (QED) is 0.0616. The van der Waals surface area contributed by atoms with Gasteiger partial charge in [-0.2, -0.15) is 10.5 Å². The second kappa shape index (κ2) is 15.0. The Morgan fingerprint density at radius 1 is 0.700 bits per heavy atom. The number of nitriles is 2. The molecule has 1 N–H and O–H groups in total. The van der Waals surface area contributed by atoms with E-state index < -0.39 is 5.97 Å². The molecule has 0 aliphatic carbocycles. The summed E-state index contributed by atoms with van der Waals surface area (Å²) >= 11 is 4.60. The molecule has 0 saturated carbocycles. The van der Waals surface area contributed by atoms with Gasteiger partial charge in [0.05, 0.1) is 0 Å². The van der Waals surface area contributed by atoms with Gasteiger partial charge in [0.2, 0.25) is 5.76 Å². The number of carbonyl (C=O) groups excluding carboxylic acids is 1.